The van der Waals surface area contributed by atoms with Crippen LogP contribution in [0.2, 0.25) is 0 Å². The summed E-state index contributed by atoms with van der Waals surface area (Å²) in [5.41, 5.74) is 4.57. The van der Waals surface area contributed by atoms with Crippen molar-refractivity contribution in [1.82, 2.24) is 24.3 Å². The van der Waals surface area contributed by atoms with Crippen molar-refractivity contribution in [1.29, 1.82) is 0 Å². The molecule has 32 heavy (non-hydrogen) atoms. The summed E-state index contributed by atoms with van der Waals surface area (Å²) >= 11 is 0. The van der Waals surface area contributed by atoms with Gasteiger partial charge in [-0.25, -0.2) is 4.98 Å². The summed E-state index contributed by atoms with van der Waals surface area (Å²) in [5.74, 6) is 1.26. The molecule has 0 bridgehead atoms. The Morgan fingerprint density at radius 3 is 2.44 bits per heavy atom. The van der Waals surface area contributed by atoms with E-state index in [1.807, 2.05) is 67.8 Å². The van der Waals surface area contributed by atoms with E-state index in [9.17, 15) is 4.79 Å². The molecule has 3 heterocycles. The van der Waals surface area contributed by atoms with Crippen LogP contribution in [0.5, 0.6) is 5.75 Å². The van der Waals surface area contributed by atoms with Crippen molar-refractivity contribution < 1.29 is 4.74 Å². The van der Waals surface area contributed by atoms with Gasteiger partial charge in [-0.2, -0.15) is 5.10 Å². The van der Waals surface area contributed by atoms with Gasteiger partial charge < -0.3 is 4.74 Å². The maximum absolute atomic E-state index is 12.6. The lowest BCUT2D eigenvalue weighted by molar-refractivity contribution is 0.290. The third-order valence-electron chi connectivity index (χ3n) is 5.39. The Kier molecular flexibility index (Phi) is 4.99. The summed E-state index contributed by atoms with van der Waals surface area (Å²) in [6.07, 6.45) is 5.55. The molecule has 2 aromatic carbocycles. The van der Waals surface area contributed by atoms with Crippen molar-refractivity contribution in [3.05, 3.63) is 95.4 Å². The molecule has 0 radical (unpaired) electrons. The van der Waals surface area contributed by atoms with E-state index in [1.54, 1.807) is 30.2 Å². The monoisotopic (exact) mass is 423 g/mol. The number of hydrogen-bond acceptors (Lipinski definition) is 5. The number of para-hydroxylation sites is 1. The molecule has 0 aliphatic carbocycles. The SMILES string of the molecule is Cn1cc(-c2ccncc2)c(-c2ccc(OCc3nc4ccccc4c(=O)n3C)cc2)n1. The molecular weight excluding hydrogens is 402 g/mol. The lowest BCUT2D eigenvalue weighted by Gasteiger charge is -2.11. The van der Waals surface area contributed by atoms with Crippen LogP contribution in [0.4, 0.5) is 0 Å². The highest BCUT2D eigenvalue weighted by Gasteiger charge is 2.13. The molecule has 7 heteroatoms. The van der Waals surface area contributed by atoms with E-state index in [1.165, 1.54) is 4.57 Å². The van der Waals surface area contributed by atoms with Crippen LogP contribution in [0.3, 0.4) is 0 Å². The van der Waals surface area contributed by atoms with Crippen molar-refractivity contribution in [3.8, 4) is 28.1 Å². The van der Waals surface area contributed by atoms with Crippen LogP contribution in [0.1, 0.15) is 5.82 Å². The van der Waals surface area contributed by atoms with Gasteiger partial charge in [0.1, 0.15) is 23.9 Å². The lowest BCUT2D eigenvalue weighted by Crippen LogP contribution is -2.23. The first-order valence-electron chi connectivity index (χ1n) is 10.2. The van der Waals surface area contributed by atoms with Crippen LogP contribution in [0.25, 0.3) is 33.3 Å². The minimum absolute atomic E-state index is 0.0802. The van der Waals surface area contributed by atoms with Crippen LogP contribution in [-0.2, 0) is 20.7 Å². The number of aryl methyl sites for hydroxylation is 1. The Labute approximate surface area is 184 Å². The highest BCUT2D eigenvalue weighted by Crippen LogP contribution is 2.31. The molecule has 0 N–H and O–H groups in total. The summed E-state index contributed by atoms with van der Waals surface area (Å²) in [7, 11) is 3.62. The largest absolute Gasteiger partial charge is 0.486 e. The Balaban J connectivity index is 1.39. The van der Waals surface area contributed by atoms with Gasteiger partial charge >= 0.3 is 0 Å². The molecule has 0 aliphatic rings. The standard InChI is InChI=1S/C25H21N5O2/c1-29-15-21(17-11-13-26-14-12-17)24(28-29)18-7-9-19(10-8-18)32-16-23-27-22-6-4-3-5-20(22)25(31)30(23)2/h3-15H,16H2,1-2H3. The van der Waals surface area contributed by atoms with Gasteiger partial charge in [0.2, 0.25) is 0 Å². The minimum atomic E-state index is -0.0802. The fraction of sp³-hybridized carbons (Fsp3) is 0.120. The van der Waals surface area contributed by atoms with Gasteiger partial charge in [-0.3, -0.25) is 19.0 Å². The van der Waals surface area contributed by atoms with E-state index < -0.39 is 0 Å². The van der Waals surface area contributed by atoms with Gasteiger partial charge in [0.25, 0.3) is 5.56 Å². The van der Waals surface area contributed by atoms with Gasteiger partial charge in [0, 0.05) is 43.8 Å². The van der Waals surface area contributed by atoms with Crippen molar-refractivity contribution in [2.75, 3.05) is 0 Å². The summed E-state index contributed by atoms with van der Waals surface area (Å²) in [4.78, 5) is 21.2. The number of fused-ring (bicyclic) bond motifs is 1. The third-order valence-corrected chi connectivity index (χ3v) is 5.39. The first kappa shape index (κ1) is 19.7. The number of benzene rings is 2. The highest BCUT2D eigenvalue weighted by atomic mass is 16.5. The second-order valence-electron chi connectivity index (χ2n) is 7.52. The fourth-order valence-electron chi connectivity index (χ4n) is 3.69. The zero-order valence-corrected chi connectivity index (χ0v) is 17.8. The third kappa shape index (κ3) is 3.65. The molecule has 0 saturated heterocycles. The summed E-state index contributed by atoms with van der Waals surface area (Å²) < 4.78 is 9.27. The maximum atomic E-state index is 12.6. The van der Waals surface area contributed by atoms with Crippen molar-refractivity contribution in [3.63, 3.8) is 0 Å². The van der Waals surface area contributed by atoms with Crippen molar-refractivity contribution in [2.45, 2.75) is 6.61 Å². The molecule has 0 saturated carbocycles. The van der Waals surface area contributed by atoms with E-state index in [0.717, 1.165) is 22.4 Å². The lowest BCUT2D eigenvalue weighted by atomic mass is 10.0. The second kappa shape index (κ2) is 8.11. The summed E-state index contributed by atoms with van der Waals surface area (Å²) in [6.45, 7) is 0.196. The molecule has 0 unspecified atom stereocenters. The van der Waals surface area contributed by atoms with Crippen LogP contribution < -0.4 is 10.3 Å². The maximum Gasteiger partial charge on any atom is 0.261 e. The van der Waals surface area contributed by atoms with E-state index in [4.69, 9.17) is 4.74 Å². The van der Waals surface area contributed by atoms with E-state index in [2.05, 4.69) is 15.1 Å². The van der Waals surface area contributed by atoms with E-state index in [-0.39, 0.29) is 12.2 Å². The molecule has 0 amide bonds. The zero-order chi connectivity index (χ0) is 22.1. The molecule has 0 spiro atoms. The van der Waals surface area contributed by atoms with Crippen LogP contribution in [-0.4, -0.2) is 24.3 Å². The molecule has 7 nitrogen and oxygen atoms in total. The van der Waals surface area contributed by atoms with Crippen LogP contribution in [0, 0.1) is 0 Å². The van der Waals surface area contributed by atoms with Crippen molar-refractivity contribution >= 4 is 10.9 Å². The number of rotatable bonds is 5. The number of ether oxygens (including phenoxy) is 1. The second-order valence-corrected chi connectivity index (χ2v) is 7.52. The molecule has 5 rings (SSSR count). The molecule has 3 aromatic heterocycles. The quantitative estimate of drug-likeness (QED) is 0.428. The summed E-state index contributed by atoms with van der Waals surface area (Å²) in [6, 6.07) is 19.0. The van der Waals surface area contributed by atoms with Gasteiger partial charge in [0.05, 0.1) is 10.9 Å². The van der Waals surface area contributed by atoms with E-state index >= 15 is 0 Å². The number of aromatic nitrogens is 5. The van der Waals surface area contributed by atoms with Crippen LogP contribution in [0.15, 0.2) is 84.0 Å². The average Bonchev–Trinajstić information content (AvgIpc) is 3.23. The Hall–Kier alpha value is -4.26. The van der Waals surface area contributed by atoms with Gasteiger partial charge in [0.15, 0.2) is 0 Å². The molecule has 0 fully saturated rings. The first-order chi connectivity index (χ1) is 15.6. The van der Waals surface area contributed by atoms with Gasteiger partial charge in [-0.15, -0.1) is 0 Å². The van der Waals surface area contributed by atoms with E-state index in [0.29, 0.717) is 22.5 Å². The Bertz CT molecular complexity index is 1450. The molecular formula is C25H21N5O2. The molecule has 5 aromatic rings. The van der Waals surface area contributed by atoms with Crippen molar-refractivity contribution in [2.24, 2.45) is 14.1 Å². The highest BCUT2D eigenvalue weighted by molar-refractivity contribution is 5.80. The topological polar surface area (TPSA) is 74.8 Å². The smallest absolute Gasteiger partial charge is 0.261 e. The fourth-order valence-corrected chi connectivity index (χ4v) is 3.69. The van der Waals surface area contributed by atoms with Gasteiger partial charge in [-0.1, -0.05) is 12.1 Å². The van der Waals surface area contributed by atoms with Crippen LogP contribution >= 0.6 is 0 Å². The van der Waals surface area contributed by atoms with Gasteiger partial charge in [-0.05, 0) is 54.1 Å². The number of hydrogen-bond donors (Lipinski definition) is 0. The first-order valence-corrected chi connectivity index (χ1v) is 10.2. The summed E-state index contributed by atoms with van der Waals surface area (Å²) in [5, 5.41) is 5.24. The molecule has 0 atom stereocenters. The molecule has 0 aliphatic heterocycles. The number of pyridine rings is 1. The predicted molar refractivity (Wildman–Crippen MR) is 123 cm³/mol. The Morgan fingerprint density at radius 1 is 0.906 bits per heavy atom. The predicted octanol–water partition coefficient (Wildman–Crippen LogP) is 3.98. The normalized spacial score (nSPS) is 11.1. The number of nitrogens with zero attached hydrogens (tertiary/aromatic N) is 5. The molecule has 158 valence electrons. The Morgan fingerprint density at radius 2 is 1.66 bits per heavy atom. The minimum Gasteiger partial charge on any atom is -0.486 e. The zero-order valence-electron chi connectivity index (χ0n) is 17.8. The average molecular weight is 423 g/mol.